The van der Waals surface area contributed by atoms with Crippen LogP contribution in [-0.2, 0) is 35.5 Å². The van der Waals surface area contributed by atoms with Crippen molar-refractivity contribution in [2.75, 3.05) is 0 Å². The van der Waals surface area contributed by atoms with E-state index in [1.807, 2.05) is 36.4 Å². The summed E-state index contributed by atoms with van der Waals surface area (Å²) in [5, 5.41) is 18.4. The van der Waals surface area contributed by atoms with Crippen molar-refractivity contribution in [2.45, 2.75) is 83.9 Å². The molecule has 0 aliphatic heterocycles. The number of imide groups is 2. The number of amides is 6. The molecule has 0 saturated heterocycles. The molecule has 0 aliphatic carbocycles. The van der Waals surface area contributed by atoms with E-state index < -0.39 is 54.1 Å². The van der Waals surface area contributed by atoms with Crippen LogP contribution in [0.5, 0.6) is 0 Å². The number of benzene rings is 2. The fraction of sp³-hybridized carbons (Fsp3) is 0.366. The van der Waals surface area contributed by atoms with Crippen molar-refractivity contribution >= 4 is 23.9 Å². The summed E-state index contributed by atoms with van der Waals surface area (Å²) in [5.74, 6) is -2.21. The van der Waals surface area contributed by atoms with Crippen LogP contribution in [0.3, 0.4) is 0 Å². The molecule has 4 atom stereocenters. The standard InChI is InChI=1S/C41H52N8O5/c1-27(2)35(42)38(51)48(40(53)46-25-31-17-11-19-44-23-31)33(21-29-13-7-5-8-14-29)37(50)34(22-30-15-9-6-10-16-30)49(39(52)36(43)28(3)4)41(54)47-26-32-18-12-20-45-24-32/h5-20,23-24,27-28,33-37,50H,21-22,25-26,42-43H2,1-4H3,(H,46,53)(H,47,54)/t33?,34?,35-,36-,37?/m0/s1. The molecule has 13 nitrogen and oxygen atoms in total. The van der Waals surface area contributed by atoms with Crippen LogP contribution in [0.4, 0.5) is 9.59 Å². The molecule has 2 aromatic heterocycles. The van der Waals surface area contributed by atoms with Gasteiger partial charge in [-0.15, -0.1) is 0 Å². The Bertz CT molecular complexity index is 1650. The SMILES string of the molecule is CC(C)[C@H](N)C(=O)N(C(=O)NCc1cccnc1)C(Cc1ccccc1)C(O)C(Cc1ccccc1)N(C(=O)NCc1cccnc1)C(=O)[C@@H](N)C(C)C. The Kier molecular flexibility index (Phi) is 15.3. The van der Waals surface area contributed by atoms with Gasteiger partial charge in [0.25, 0.3) is 0 Å². The molecule has 2 aromatic carbocycles. The van der Waals surface area contributed by atoms with Crippen LogP contribution in [-0.4, -0.2) is 79.0 Å². The number of pyridine rings is 2. The molecule has 2 unspecified atom stereocenters. The first-order chi connectivity index (χ1) is 25.9. The van der Waals surface area contributed by atoms with Gasteiger partial charge in [0.15, 0.2) is 0 Å². The maximum Gasteiger partial charge on any atom is 0.324 e. The molecule has 13 heteroatoms. The number of aliphatic hydroxyl groups is 1. The Labute approximate surface area is 317 Å². The quantitative estimate of drug-likeness (QED) is 0.114. The van der Waals surface area contributed by atoms with Crippen molar-refractivity contribution in [3.05, 3.63) is 132 Å². The number of aromatic nitrogens is 2. The zero-order valence-corrected chi connectivity index (χ0v) is 31.3. The van der Waals surface area contributed by atoms with Gasteiger partial charge in [-0.2, -0.15) is 0 Å². The van der Waals surface area contributed by atoms with Crippen LogP contribution in [0.1, 0.15) is 49.9 Å². The normalized spacial score (nSPS) is 14.0. The Balaban J connectivity index is 1.88. The minimum absolute atomic E-state index is 0.0273. The second kappa shape index (κ2) is 20.1. The Morgan fingerprint density at radius 2 is 0.944 bits per heavy atom. The summed E-state index contributed by atoms with van der Waals surface area (Å²) in [6, 6.07) is 18.6. The van der Waals surface area contributed by atoms with Crippen LogP contribution in [0.15, 0.2) is 110 Å². The van der Waals surface area contributed by atoms with E-state index in [1.54, 1.807) is 101 Å². The number of carbonyl (C=O) groups excluding carboxylic acids is 4. The number of nitrogens with one attached hydrogen (secondary N) is 2. The highest BCUT2D eigenvalue weighted by Gasteiger charge is 2.45. The maximum atomic E-state index is 14.4. The van der Waals surface area contributed by atoms with Gasteiger partial charge in [0, 0.05) is 37.9 Å². The summed E-state index contributed by atoms with van der Waals surface area (Å²) in [6.45, 7) is 7.09. The van der Waals surface area contributed by atoms with Crippen molar-refractivity contribution in [3.8, 4) is 0 Å². The summed E-state index contributed by atoms with van der Waals surface area (Å²) < 4.78 is 0. The fourth-order valence-corrected chi connectivity index (χ4v) is 5.95. The van der Waals surface area contributed by atoms with E-state index in [1.165, 1.54) is 0 Å². The molecule has 4 aromatic rings. The lowest BCUT2D eigenvalue weighted by atomic mass is 9.89. The van der Waals surface area contributed by atoms with E-state index in [9.17, 15) is 24.3 Å². The Morgan fingerprint density at radius 1 is 0.593 bits per heavy atom. The number of carbonyl (C=O) groups is 4. The summed E-state index contributed by atoms with van der Waals surface area (Å²) in [4.78, 5) is 67.5. The lowest BCUT2D eigenvalue weighted by Crippen LogP contribution is -2.66. The summed E-state index contributed by atoms with van der Waals surface area (Å²) in [7, 11) is 0. The van der Waals surface area contributed by atoms with Gasteiger partial charge in [-0.1, -0.05) is 100 Å². The van der Waals surface area contributed by atoms with Gasteiger partial charge in [-0.25, -0.2) is 9.59 Å². The topological polar surface area (TPSA) is 197 Å². The molecule has 0 bridgehead atoms. The van der Waals surface area contributed by atoms with Gasteiger partial charge in [0.2, 0.25) is 11.8 Å². The second-order valence-corrected chi connectivity index (χ2v) is 14.0. The number of urea groups is 2. The Morgan fingerprint density at radius 3 is 1.26 bits per heavy atom. The number of rotatable bonds is 16. The molecule has 2 heterocycles. The second-order valence-electron chi connectivity index (χ2n) is 14.0. The molecule has 0 fully saturated rings. The molecule has 0 saturated carbocycles. The third kappa shape index (κ3) is 11.3. The van der Waals surface area contributed by atoms with Crippen LogP contribution >= 0.6 is 0 Å². The van der Waals surface area contributed by atoms with E-state index in [2.05, 4.69) is 20.6 Å². The van der Waals surface area contributed by atoms with Crippen LogP contribution < -0.4 is 22.1 Å². The highest BCUT2D eigenvalue weighted by molar-refractivity contribution is 5.99. The molecule has 6 amide bonds. The molecular weight excluding hydrogens is 685 g/mol. The predicted molar refractivity (Wildman–Crippen MR) is 206 cm³/mol. The molecule has 7 N–H and O–H groups in total. The molecule has 0 aliphatic rings. The van der Waals surface area contributed by atoms with Crippen LogP contribution in [0, 0.1) is 11.8 Å². The lowest BCUT2D eigenvalue weighted by molar-refractivity contribution is -0.138. The minimum Gasteiger partial charge on any atom is -0.389 e. The monoisotopic (exact) mass is 736 g/mol. The van der Waals surface area contributed by atoms with E-state index >= 15 is 0 Å². The molecule has 0 radical (unpaired) electrons. The summed E-state index contributed by atoms with van der Waals surface area (Å²) in [6.07, 6.45) is 4.64. The van der Waals surface area contributed by atoms with Crippen molar-refractivity contribution in [1.29, 1.82) is 0 Å². The van der Waals surface area contributed by atoms with Crippen molar-refractivity contribution < 1.29 is 24.3 Å². The van der Waals surface area contributed by atoms with E-state index in [4.69, 9.17) is 11.5 Å². The average Bonchev–Trinajstić information content (AvgIpc) is 3.19. The van der Waals surface area contributed by atoms with E-state index in [0.717, 1.165) is 9.80 Å². The smallest absolute Gasteiger partial charge is 0.324 e. The van der Waals surface area contributed by atoms with Crippen molar-refractivity contribution in [1.82, 2.24) is 30.4 Å². The van der Waals surface area contributed by atoms with Gasteiger partial charge < -0.3 is 27.2 Å². The van der Waals surface area contributed by atoms with Crippen LogP contribution in [0.2, 0.25) is 0 Å². The third-order valence-corrected chi connectivity index (χ3v) is 9.28. The van der Waals surface area contributed by atoms with Gasteiger partial charge >= 0.3 is 12.1 Å². The maximum absolute atomic E-state index is 14.4. The number of hydrogen-bond donors (Lipinski definition) is 5. The lowest BCUT2D eigenvalue weighted by Gasteiger charge is -2.42. The number of nitrogens with zero attached hydrogens (tertiary/aromatic N) is 4. The van der Waals surface area contributed by atoms with Crippen molar-refractivity contribution in [3.63, 3.8) is 0 Å². The number of aliphatic hydroxyl groups excluding tert-OH is 1. The number of nitrogens with two attached hydrogens (primary N) is 2. The van der Waals surface area contributed by atoms with Gasteiger partial charge in [0.1, 0.15) is 0 Å². The summed E-state index contributed by atoms with van der Waals surface area (Å²) >= 11 is 0. The predicted octanol–water partition coefficient (Wildman–Crippen LogP) is 3.80. The summed E-state index contributed by atoms with van der Waals surface area (Å²) in [5.41, 5.74) is 15.6. The molecule has 286 valence electrons. The van der Waals surface area contributed by atoms with Crippen molar-refractivity contribution in [2.24, 2.45) is 23.3 Å². The van der Waals surface area contributed by atoms with Gasteiger partial charge in [-0.05, 0) is 59.1 Å². The first-order valence-electron chi connectivity index (χ1n) is 18.2. The fourth-order valence-electron chi connectivity index (χ4n) is 5.95. The Hall–Kier alpha value is -5.50. The number of hydrogen-bond acceptors (Lipinski definition) is 9. The highest BCUT2D eigenvalue weighted by Crippen LogP contribution is 2.25. The van der Waals surface area contributed by atoms with E-state index in [-0.39, 0.29) is 37.8 Å². The zero-order valence-electron chi connectivity index (χ0n) is 31.3. The van der Waals surface area contributed by atoms with E-state index in [0.29, 0.717) is 22.3 Å². The van der Waals surface area contributed by atoms with Crippen LogP contribution in [0.25, 0.3) is 0 Å². The first kappa shape index (κ1) is 41.3. The molecule has 0 spiro atoms. The third-order valence-electron chi connectivity index (χ3n) is 9.28. The van der Waals surface area contributed by atoms with Gasteiger partial charge in [0.05, 0.1) is 30.3 Å². The zero-order chi connectivity index (χ0) is 39.2. The molecular formula is C41H52N8O5. The highest BCUT2D eigenvalue weighted by atomic mass is 16.3. The average molecular weight is 737 g/mol. The largest absolute Gasteiger partial charge is 0.389 e. The minimum atomic E-state index is -1.69. The molecule has 4 rings (SSSR count). The molecule has 54 heavy (non-hydrogen) atoms. The van der Waals surface area contributed by atoms with Gasteiger partial charge in [-0.3, -0.25) is 29.4 Å². The first-order valence-corrected chi connectivity index (χ1v) is 18.2.